The number of nitrogens with one attached hydrogen (secondary N) is 2. The number of hydrogen-bond acceptors (Lipinski definition) is 8. The number of likely N-dealkylation sites (N-methyl/N-ethyl adjacent to an activating group) is 2. The number of anilines is 2. The van der Waals surface area contributed by atoms with Crippen LogP contribution in [0.2, 0.25) is 0 Å². The van der Waals surface area contributed by atoms with E-state index in [1.165, 1.54) is 23.1 Å². The number of benzene rings is 1. The molecular weight excluding hydrogens is 571 g/mol. The summed E-state index contributed by atoms with van der Waals surface area (Å²) in [4.78, 5) is 46.6. The number of aliphatic imine (C=N–C) groups is 2. The van der Waals surface area contributed by atoms with Crippen LogP contribution < -0.4 is 10.6 Å². The summed E-state index contributed by atoms with van der Waals surface area (Å²) in [7, 11) is 5.44. The second-order valence-corrected chi connectivity index (χ2v) is 11.1. The minimum absolute atomic E-state index is 0.109. The first-order valence-electron chi connectivity index (χ1n) is 14.9. The molecule has 1 aliphatic heterocycles. The molecule has 3 atom stereocenters. The Bertz CT molecular complexity index is 1580. The number of dihydropyridines is 1. The molecule has 1 aromatic carbocycles. The summed E-state index contributed by atoms with van der Waals surface area (Å²) < 4.78 is 13.7. The zero-order valence-corrected chi connectivity index (χ0v) is 26.1. The van der Waals surface area contributed by atoms with E-state index in [2.05, 4.69) is 43.5 Å². The monoisotopic (exact) mass is 610 g/mol. The van der Waals surface area contributed by atoms with Crippen LogP contribution in [0.4, 0.5) is 21.8 Å². The van der Waals surface area contributed by atoms with Gasteiger partial charge in [0.05, 0.1) is 17.8 Å². The Labute approximate surface area is 264 Å². The molecule has 2 amide bonds. The van der Waals surface area contributed by atoms with E-state index in [0.29, 0.717) is 49.4 Å². The van der Waals surface area contributed by atoms with Crippen molar-refractivity contribution in [1.29, 1.82) is 0 Å². The van der Waals surface area contributed by atoms with Crippen LogP contribution >= 0.6 is 0 Å². The van der Waals surface area contributed by atoms with Crippen LogP contribution in [0.1, 0.15) is 31.7 Å². The van der Waals surface area contributed by atoms with Crippen molar-refractivity contribution in [2.24, 2.45) is 15.9 Å². The van der Waals surface area contributed by atoms with Gasteiger partial charge in [0.15, 0.2) is 5.82 Å². The van der Waals surface area contributed by atoms with E-state index in [4.69, 9.17) is 4.99 Å². The largest absolute Gasteiger partial charge is 0.354 e. The Balaban J connectivity index is 1.38. The molecule has 2 N–H and O–H groups in total. The van der Waals surface area contributed by atoms with E-state index in [1.54, 1.807) is 38.4 Å². The molecule has 2 aliphatic rings. The van der Waals surface area contributed by atoms with E-state index in [-0.39, 0.29) is 35.5 Å². The van der Waals surface area contributed by atoms with Crippen LogP contribution in [0.25, 0.3) is 0 Å². The summed E-state index contributed by atoms with van der Waals surface area (Å²) in [5, 5.41) is 5.91. The van der Waals surface area contributed by atoms with Gasteiger partial charge in [0.25, 0.3) is 0 Å². The van der Waals surface area contributed by atoms with E-state index >= 15 is 0 Å². The predicted molar refractivity (Wildman–Crippen MR) is 177 cm³/mol. The number of allylic oxidation sites excluding steroid dienone is 2. The van der Waals surface area contributed by atoms with Gasteiger partial charge in [-0.3, -0.25) is 14.6 Å². The highest BCUT2D eigenvalue weighted by atomic mass is 19.1. The van der Waals surface area contributed by atoms with Crippen molar-refractivity contribution in [2.75, 3.05) is 39.5 Å². The highest BCUT2D eigenvalue weighted by Gasteiger charge is 2.23. The van der Waals surface area contributed by atoms with Gasteiger partial charge >= 0.3 is 0 Å². The van der Waals surface area contributed by atoms with Crippen molar-refractivity contribution >= 4 is 41.2 Å². The third-order valence-electron chi connectivity index (χ3n) is 7.21. The van der Waals surface area contributed by atoms with E-state index in [1.807, 2.05) is 43.4 Å². The average Bonchev–Trinajstić information content (AvgIpc) is 3.02. The molecule has 1 aliphatic carbocycles. The summed E-state index contributed by atoms with van der Waals surface area (Å²) in [5.74, 6) is 6.35. The summed E-state index contributed by atoms with van der Waals surface area (Å²) in [6.45, 7) is 2.76. The van der Waals surface area contributed by atoms with E-state index in [0.717, 1.165) is 5.71 Å². The van der Waals surface area contributed by atoms with Crippen LogP contribution in [0.5, 0.6) is 0 Å². The number of fused-ring (bicyclic) bond motifs is 1. The third-order valence-corrected chi connectivity index (χ3v) is 7.21. The van der Waals surface area contributed by atoms with Gasteiger partial charge in [-0.2, -0.15) is 4.98 Å². The van der Waals surface area contributed by atoms with Gasteiger partial charge < -0.3 is 20.4 Å². The average molecular weight is 611 g/mol. The molecule has 0 saturated heterocycles. The first kappa shape index (κ1) is 33.0. The SMILES string of the molecule is C[C@@H](C(=O)NCCCC#Cc1cnc(Nc2cccc(F)c2)nc1N=C1C=CC2N=CC=CC2C1)N(C)C(=O)C=CCN(C)C. The van der Waals surface area contributed by atoms with Gasteiger partial charge in [-0.15, -0.1) is 0 Å². The third kappa shape index (κ3) is 10.0. The van der Waals surface area contributed by atoms with Gasteiger partial charge in [-0.05, 0) is 64.2 Å². The zero-order valence-electron chi connectivity index (χ0n) is 26.1. The second-order valence-electron chi connectivity index (χ2n) is 11.1. The molecule has 0 saturated carbocycles. The summed E-state index contributed by atoms with van der Waals surface area (Å²) >= 11 is 0. The van der Waals surface area contributed by atoms with Gasteiger partial charge in [-0.25, -0.2) is 14.4 Å². The topological polar surface area (TPSA) is 115 Å². The number of hydrogen-bond donors (Lipinski definition) is 2. The van der Waals surface area contributed by atoms with Crippen LogP contribution in [0.3, 0.4) is 0 Å². The molecule has 1 aromatic heterocycles. The molecule has 4 rings (SSSR count). The normalized spacial score (nSPS) is 18.4. The number of carbonyl (C=O) groups is 2. The molecule has 45 heavy (non-hydrogen) atoms. The summed E-state index contributed by atoms with van der Waals surface area (Å²) in [6, 6.07) is 5.57. The lowest BCUT2D eigenvalue weighted by Crippen LogP contribution is -2.45. The molecule has 0 radical (unpaired) electrons. The second kappa shape index (κ2) is 16.2. The maximum atomic E-state index is 13.7. The maximum Gasteiger partial charge on any atom is 0.246 e. The smallest absolute Gasteiger partial charge is 0.246 e. The first-order valence-corrected chi connectivity index (χ1v) is 14.9. The highest BCUT2D eigenvalue weighted by molar-refractivity contribution is 5.98. The number of amides is 2. The maximum absolute atomic E-state index is 13.7. The number of carbonyl (C=O) groups excluding carboxylic acids is 2. The van der Waals surface area contributed by atoms with Crippen LogP contribution in [-0.2, 0) is 9.59 Å². The quantitative estimate of drug-likeness (QED) is 0.224. The molecule has 0 spiro atoms. The Kier molecular flexibility index (Phi) is 11.9. The summed E-state index contributed by atoms with van der Waals surface area (Å²) in [5.41, 5.74) is 1.93. The van der Waals surface area contributed by atoms with Gasteiger partial charge in [0.2, 0.25) is 17.8 Å². The fourth-order valence-corrected chi connectivity index (χ4v) is 4.53. The van der Waals surface area contributed by atoms with Gasteiger partial charge in [0, 0.05) is 56.2 Å². The first-order chi connectivity index (χ1) is 21.7. The lowest BCUT2D eigenvalue weighted by Gasteiger charge is -2.24. The summed E-state index contributed by atoms with van der Waals surface area (Å²) in [6.07, 6.45) is 16.6. The van der Waals surface area contributed by atoms with Crippen LogP contribution in [0.15, 0.2) is 76.9 Å². The molecule has 10 nitrogen and oxygen atoms in total. The number of halogens is 1. The predicted octanol–water partition coefficient (Wildman–Crippen LogP) is 4.23. The lowest BCUT2D eigenvalue weighted by atomic mass is 9.87. The molecule has 2 unspecified atom stereocenters. The van der Waals surface area contributed by atoms with Crippen molar-refractivity contribution in [2.45, 2.75) is 38.3 Å². The van der Waals surface area contributed by atoms with Crippen molar-refractivity contribution in [3.05, 3.63) is 78.3 Å². The lowest BCUT2D eigenvalue weighted by molar-refractivity contribution is -0.135. The minimum Gasteiger partial charge on any atom is -0.354 e. The molecule has 234 valence electrons. The molecule has 0 fully saturated rings. The Morgan fingerprint density at radius 1 is 1.24 bits per heavy atom. The Morgan fingerprint density at radius 3 is 2.89 bits per heavy atom. The molecule has 11 heteroatoms. The van der Waals surface area contributed by atoms with Crippen molar-refractivity contribution < 1.29 is 14.0 Å². The van der Waals surface area contributed by atoms with Crippen molar-refractivity contribution in [3.8, 4) is 11.8 Å². The molecule has 0 bridgehead atoms. The highest BCUT2D eigenvalue weighted by Crippen LogP contribution is 2.26. The van der Waals surface area contributed by atoms with Gasteiger partial charge in [0.1, 0.15) is 11.9 Å². The number of rotatable bonds is 11. The van der Waals surface area contributed by atoms with E-state index in [9.17, 15) is 14.0 Å². The molecule has 2 heterocycles. The molecule has 2 aromatic rings. The minimum atomic E-state index is -0.606. The van der Waals surface area contributed by atoms with Crippen LogP contribution in [-0.4, -0.2) is 89.8 Å². The van der Waals surface area contributed by atoms with Gasteiger partial charge in [-0.1, -0.05) is 36.1 Å². The van der Waals surface area contributed by atoms with E-state index < -0.39 is 6.04 Å². The fourth-order valence-electron chi connectivity index (χ4n) is 4.53. The Morgan fingerprint density at radius 2 is 2.09 bits per heavy atom. The fraction of sp³-hybridized carbons (Fsp3) is 0.353. The van der Waals surface area contributed by atoms with Crippen molar-refractivity contribution in [3.63, 3.8) is 0 Å². The standard InChI is InChI=1S/C34H39FN8O2/c1-24(43(4)31(44)15-10-20-42(2)3)33(45)37-18-7-5-6-11-26-23-38-34(40-28-14-8-13-27(35)22-28)41-32(26)39-29-16-17-30-25(21-29)12-9-19-36-30/h8-10,12-17,19,22-25,30H,5,7,18,20-21H2,1-4H3,(H,37,45)(H,38,40,41)/t24-,25?,30?/m0/s1. The van der Waals surface area contributed by atoms with Crippen LogP contribution in [0, 0.1) is 23.6 Å². The Hall–Kier alpha value is -4.95. The zero-order chi connectivity index (χ0) is 32.2. The number of nitrogens with zero attached hydrogens (tertiary/aromatic N) is 6. The molecular formula is C34H39FN8O2. The number of aromatic nitrogens is 2. The number of unbranched alkanes of at least 4 members (excludes halogenated alkanes) is 1. The van der Waals surface area contributed by atoms with Crippen molar-refractivity contribution in [1.82, 2.24) is 25.1 Å².